The number of carbonyl (C=O) groups is 2. The van der Waals surface area contributed by atoms with Crippen LogP contribution in [-0.4, -0.2) is 25.6 Å². The summed E-state index contributed by atoms with van der Waals surface area (Å²) in [5, 5.41) is 8.96. The number of nitrogens with two attached hydrogens (primary N) is 1. The van der Waals surface area contributed by atoms with Gasteiger partial charge in [0.15, 0.2) is 18.1 Å². The van der Waals surface area contributed by atoms with Crippen LogP contribution in [0.15, 0.2) is 72.3 Å². The summed E-state index contributed by atoms with van der Waals surface area (Å²) < 4.78 is 16.1. The molecule has 0 saturated heterocycles. The third-order valence-electron chi connectivity index (χ3n) is 4.70. The Balaban J connectivity index is 1.62. The van der Waals surface area contributed by atoms with Crippen LogP contribution in [0.1, 0.15) is 11.1 Å². The molecule has 33 heavy (non-hydrogen) atoms. The molecule has 0 fully saturated rings. The average molecular weight is 442 g/mol. The van der Waals surface area contributed by atoms with Crippen LogP contribution in [0.3, 0.4) is 0 Å². The Morgan fingerprint density at radius 3 is 2.18 bits per heavy atom. The minimum Gasteiger partial charge on any atom is -0.493 e. The summed E-state index contributed by atoms with van der Waals surface area (Å²) in [4.78, 5) is 23.5. The van der Waals surface area contributed by atoms with E-state index in [9.17, 15) is 9.59 Å². The molecule has 3 aromatic rings. The van der Waals surface area contributed by atoms with Crippen LogP contribution < -0.4 is 19.9 Å². The van der Waals surface area contributed by atoms with Crippen LogP contribution in [0.4, 0.5) is 0 Å². The van der Waals surface area contributed by atoms with Gasteiger partial charge in [0.25, 0.3) is 5.91 Å². The van der Waals surface area contributed by atoms with Gasteiger partial charge in [-0.3, -0.25) is 4.79 Å². The predicted octanol–water partition coefficient (Wildman–Crippen LogP) is 4.05. The fraction of sp³-hybridized carbons (Fsp3) is 0.115. The van der Waals surface area contributed by atoms with E-state index in [-0.39, 0.29) is 23.7 Å². The first-order chi connectivity index (χ1) is 15.9. The van der Waals surface area contributed by atoms with Gasteiger partial charge in [-0.1, -0.05) is 48.0 Å². The second kappa shape index (κ2) is 10.6. The highest BCUT2D eigenvalue weighted by Gasteiger charge is 2.13. The van der Waals surface area contributed by atoms with Crippen molar-refractivity contribution in [2.24, 2.45) is 5.73 Å². The fourth-order valence-corrected chi connectivity index (χ4v) is 2.97. The Hall–Kier alpha value is -4.57. The maximum absolute atomic E-state index is 12.3. The molecule has 0 saturated carbocycles. The van der Waals surface area contributed by atoms with Crippen molar-refractivity contribution >= 4 is 18.0 Å². The molecule has 0 aliphatic heterocycles. The van der Waals surface area contributed by atoms with E-state index in [2.05, 4.69) is 0 Å². The van der Waals surface area contributed by atoms with Gasteiger partial charge in [-0.15, -0.1) is 0 Å². The smallest absolute Gasteiger partial charge is 0.349 e. The van der Waals surface area contributed by atoms with Crippen molar-refractivity contribution in [3.05, 3.63) is 83.4 Å². The lowest BCUT2D eigenvalue weighted by Gasteiger charge is -2.11. The second-order valence-corrected chi connectivity index (χ2v) is 7.10. The van der Waals surface area contributed by atoms with E-state index in [1.807, 2.05) is 43.3 Å². The number of esters is 1. The molecule has 0 aliphatic carbocycles. The van der Waals surface area contributed by atoms with Crippen molar-refractivity contribution in [1.82, 2.24) is 0 Å². The number of nitriles is 1. The lowest BCUT2D eigenvalue weighted by atomic mass is 10.0. The number of hydrogen-bond acceptors (Lipinski definition) is 6. The van der Waals surface area contributed by atoms with E-state index < -0.39 is 11.9 Å². The van der Waals surface area contributed by atoms with Crippen molar-refractivity contribution < 1.29 is 23.8 Å². The van der Waals surface area contributed by atoms with Gasteiger partial charge < -0.3 is 19.9 Å². The zero-order chi connectivity index (χ0) is 23.8. The fourth-order valence-electron chi connectivity index (χ4n) is 2.97. The number of methoxy groups -OCH3 is 1. The number of hydrogen-bond donors (Lipinski definition) is 1. The molecule has 1 amide bonds. The number of carbonyl (C=O) groups excluding carboxylic acids is 2. The Labute approximate surface area is 191 Å². The van der Waals surface area contributed by atoms with Crippen LogP contribution in [-0.2, 0) is 9.59 Å². The van der Waals surface area contributed by atoms with Crippen LogP contribution in [0, 0.1) is 18.3 Å². The summed E-state index contributed by atoms with van der Waals surface area (Å²) in [6.45, 7) is 1.74. The van der Waals surface area contributed by atoms with E-state index in [1.165, 1.54) is 30.9 Å². The minimum absolute atomic E-state index is 0.176. The van der Waals surface area contributed by atoms with E-state index >= 15 is 0 Å². The molecule has 0 spiro atoms. The molecule has 0 bridgehead atoms. The summed E-state index contributed by atoms with van der Waals surface area (Å²) in [5.74, 6) is -0.493. The summed E-state index contributed by atoms with van der Waals surface area (Å²) in [5.41, 5.74) is 8.76. The highest BCUT2D eigenvalue weighted by atomic mass is 16.6. The molecule has 0 radical (unpaired) electrons. The number of ether oxygens (including phenoxy) is 3. The quantitative estimate of drug-likeness (QED) is 0.244. The van der Waals surface area contributed by atoms with Crippen LogP contribution in [0.5, 0.6) is 17.2 Å². The lowest BCUT2D eigenvalue weighted by molar-refractivity contribution is -0.136. The number of aryl methyl sites for hydroxylation is 1. The number of nitrogens with zero attached hydrogens (tertiary/aromatic N) is 1. The van der Waals surface area contributed by atoms with Crippen molar-refractivity contribution in [3.63, 3.8) is 0 Å². The predicted molar refractivity (Wildman–Crippen MR) is 124 cm³/mol. The van der Waals surface area contributed by atoms with Crippen LogP contribution >= 0.6 is 0 Å². The van der Waals surface area contributed by atoms with Crippen LogP contribution in [0.2, 0.25) is 0 Å². The Morgan fingerprint density at radius 2 is 1.61 bits per heavy atom. The highest BCUT2D eigenvalue weighted by molar-refractivity contribution is 6.00. The van der Waals surface area contributed by atoms with Gasteiger partial charge in [0, 0.05) is 0 Å². The normalized spacial score (nSPS) is 10.8. The zero-order valence-electron chi connectivity index (χ0n) is 18.2. The van der Waals surface area contributed by atoms with E-state index in [0.29, 0.717) is 11.3 Å². The maximum Gasteiger partial charge on any atom is 0.349 e. The third-order valence-corrected chi connectivity index (χ3v) is 4.70. The zero-order valence-corrected chi connectivity index (χ0v) is 18.2. The van der Waals surface area contributed by atoms with Gasteiger partial charge in [-0.25, -0.2) is 4.79 Å². The van der Waals surface area contributed by atoms with Gasteiger partial charge in [-0.2, -0.15) is 5.26 Å². The molecule has 166 valence electrons. The molecule has 0 unspecified atom stereocenters. The first-order valence-electron chi connectivity index (χ1n) is 10.00. The Bertz CT molecular complexity index is 1220. The van der Waals surface area contributed by atoms with Gasteiger partial charge in [0.1, 0.15) is 17.4 Å². The Kier molecular flexibility index (Phi) is 7.45. The van der Waals surface area contributed by atoms with Gasteiger partial charge in [0.05, 0.1) is 7.11 Å². The van der Waals surface area contributed by atoms with Crippen molar-refractivity contribution in [2.45, 2.75) is 6.92 Å². The minimum atomic E-state index is -0.837. The van der Waals surface area contributed by atoms with Crippen LogP contribution in [0.25, 0.3) is 17.2 Å². The van der Waals surface area contributed by atoms with E-state index in [1.54, 1.807) is 24.3 Å². The molecule has 0 aromatic heterocycles. The molecule has 0 atom stereocenters. The van der Waals surface area contributed by atoms with Crippen molar-refractivity contribution in [2.75, 3.05) is 13.7 Å². The largest absolute Gasteiger partial charge is 0.493 e. The number of primary amides is 1. The van der Waals surface area contributed by atoms with Crippen molar-refractivity contribution in [1.29, 1.82) is 5.26 Å². The van der Waals surface area contributed by atoms with Gasteiger partial charge in [-0.05, 0) is 54.0 Å². The van der Waals surface area contributed by atoms with Gasteiger partial charge in [0.2, 0.25) is 0 Å². The monoisotopic (exact) mass is 442 g/mol. The maximum atomic E-state index is 12.3. The van der Waals surface area contributed by atoms with E-state index in [0.717, 1.165) is 11.1 Å². The Morgan fingerprint density at radius 1 is 0.970 bits per heavy atom. The summed E-state index contributed by atoms with van der Waals surface area (Å²) in [6, 6.07) is 21.9. The lowest BCUT2D eigenvalue weighted by Crippen LogP contribution is -2.18. The standard InChI is InChI=1S/C26H22N2O5/c1-17-3-6-19(7-4-17)20-8-10-22(11-9-20)32-16-25(29)33-23-12-5-18(14-24(23)31-2)13-21(15-27)26(28)30/h3-14H,16H2,1-2H3,(H2,28,30)/b21-13+. The number of benzene rings is 3. The average Bonchev–Trinajstić information content (AvgIpc) is 2.82. The molecule has 0 aliphatic rings. The molecule has 0 heterocycles. The number of rotatable bonds is 8. The molecule has 7 heteroatoms. The topological polar surface area (TPSA) is 112 Å². The van der Waals surface area contributed by atoms with Gasteiger partial charge >= 0.3 is 5.97 Å². The molecular formula is C26H22N2O5. The molecule has 3 aromatic carbocycles. The summed E-state index contributed by atoms with van der Waals surface area (Å²) >= 11 is 0. The third kappa shape index (κ3) is 6.21. The summed E-state index contributed by atoms with van der Waals surface area (Å²) in [6.07, 6.45) is 1.32. The molecular weight excluding hydrogens is 420 g/mol. The first kappa shape index (κ1) is 23.1. The SMILES string of the molecule is COc1cc(/C=C(\C#N)C(N)=O)ccc1OC(=O)COc1ccc(-c2ccc(C)cc2)cc1. The van der Waals surface area contributed by atoms with Crippen molar-refractivity contribution in [3.8, 4) is 34.4 Å². The molecule has 3 rings (SSSR count). The highest BCUT2D eigenvalue weighted by Crippen LogP contribution is 2.29. The first-order valence-corrected chi connectivity index (χ1v) is 10.00. The molecule has 7 nitrogen and oxygen atoms in total. The second-order valence-electron chi connectivity index (χ2n) is 7.10. The van der Waals surface area contributed by atoms with E-state index in [4.69, 9.17) is 25.2 Å². The summed E-state index contributed by atoms with van der Waals surface area (Å²) in [7, 11) is 1.41. The molecule has 2 N–H and O–H groups in total. The number of amides is 1.